The van der Waals surface area contributed by atoms with Crippen molar-refractivity contribution in [1.29, 1.82) is 0 Å². The Kier molecular flexibility index (Phi) is 1.73. The quantitative estimate of drug-likeness (QED) is 0.673. The molecule has 0 aliphatic carbocycles. The third kappa shape index (κ3) is 1.06. The van der Waals surface area contributed by atoms with Crippen LogP contribution in [-0.4, -0.2) is 14.6 Å². The Hall–Kier alpha value is -1.09. The number of fused-ring (bicyclic) bond motifs is 1. The fourth-order valence-electron chi connectivity index (χ4n) is 1.23. The van der Waals surface area contributed by atoms with Crippen molar-refractivity contribution in [2.75, 3.05) is 0 Å². The number of hydrogen-bond acceptors (Lipinski definition) is 2. The Morgan fingerprint density at radius 2 is 2.42 bits per heavy atom. The van der Waals surface area contributed by atoms with Crippen molar-refractivity contribution in [3.63, 3.8) is 0 Å². The molecule has 0 aromatic carbocycles. The fourth-order valence-corrected chi connectivity index (χ4v) is 1.41. The lowest BCUT2D eigenvalue weighted by molar-refractivity contribution is 0.868. The molecule has 0 radical (unpaired) electrons. The second kappa shape index (κ2) is 2.75. The summed E-state index contributed by atoms with van der Waals surface area (Å²) in [7, 11) is 0. The van der Waals surface area contributed by atoms with Gasteiger partial charge >= 0.3 is 0 Å². The second-order valence-corrected chi connectivity index (χ2v) is 2.86. The molecule has 0 saturated heterocycles. The number of rotatable bonds is 1. The van der Waals surface area contributed by atoms with E-state index in [-0.39, 0.29) is 0 Å². The highest BCUT2D eigenvalue weighted by Gasteiger charge is 2.02. The monoisotopic (exact) mass is 181 g/mol. The van der Waals surface area contributed by atoms with Gasteiger partial charge < -0.3 is 0 Å². The van der Waals surface area contributed by atoms with Gasteiger partial charge in [-0.2, -0.15) is 0 Å². The normalized spacial score (nSPS) is 10.8. The molecular formula is C8H8ClN3. The van der Waals surface area contributed by atoms with Gasteiger partial charge in [-0.15, -0.1) is 5.10 Å². The Labute approximate surface area is 75.0 Å². The fraction of sp³-hybridized carbons (Fsp3) is 0.250. The number of halogens is 1. The highest BCUT2D eigenvalue weighted by atomic mass is 35.5. The first-order valence-electron chi connectivity index (χ1n) is 3.81. The first kappa shape index (κ1) is 7.55. The average Bonchev–Trinajstić information content (AvgIpc) is 2.50. The van der Waals surface area contributed by atoms with Gasteiger partial charge in [-0.25, -0.2) is 9.50 Å². The molecule has 0 aliphatic rings. The van der Waals surface area contributed by atoms with Gasteiger partial charge in [0.05, 0.1) is 11.2 Å². The van der Waals surface area contributed by atoms with Gasteiger partial charge in [-0.1, -0.05) is 6.92 Å². The molecule has 0 amide bonds. The summed E-state index contributed by atoms with van der Waals surface area (Å²) in [6, 6.07) is 3.91. The van der Waals surface area contributed by atoms with Gasteiger partial charge in [0.15, 0.2) is 0 Å². The van der Waals surface area contributed by atoms with E-state index in [1.54, 1.807) is 4.52 Å². The Morgan fingerprint density at radius 3 is 3.17 bits per heavy atom. The zero-order chi connectivity index (χ0) is 8.55. The van der Waals surface area contributed by atoms with E-state index >= 15 is 0 Å². The van der Waals surface area contributed by atoms with Crippen LogP contribution in [0.4, 0.5) is 0 Å². The molecule has 2 rings (SSSR count). The summed E-state index contributed by atoms with van der Waals surface area (Å²) in [5.74, 6) is 0. The van der Waals surface area contributed by atoms with Crippen molar-refractivity contribution < 1.29 is 0 Å². The lowest BCUT2D eigenvalue weighted by Gasteiger charge is -1.99. The molecule has 0 unspecified atom stereocenters. The van der Waals surface area contributed by atoms with Crippen LogP contribution in [0.25, 0.3) is 5.52 Å². The van der Waals surface area contributed by atoms with Gasteiger partial charge in [0.1, 0.15) is 0 Å². The predicted molar refractivity (Wildman–Crippen MR) is 47.4 cm³/mol. The van der Waals surface area contributed by atoms with Crippen LogP contribution in [0.1, 0.15) is 12.6 Å². The maximum absolute atomic E-state index is 5.72. The van der Waals surface area contributed by atoms with E-state index in [9.17, 15) is 0 Å². The first-order valence-corrected chi connectivity index (χ1v) is 4.19. The molecule has 2 aromatic rings. The van der Waals surface area contributed by atoms with Crippen LogP contribution in [0.15, 0.2) is 18.3 Å². The molecule has 0 spiro atoms. The molecule has 0 aliphatic heterocycles. The Balaban J connectivity index is 2.80. The average molecular weight is 182 g/mol. The summed E-state index contributed by atoms with van der Waals surface area (Å²) in [4.78, 5) is 4.13. The molecule has 12 heavy (non-hydrogen) atoms. The zero-order valence-electron chi connectivity index (χ0n) is 6.66. The van der Waals surface area contributed by atoms with E-state index in [1.165, 1.54) is 0 Å². The third-order valence-electron chi connectivity index (χ3n) is 1.78. The molecule has 0 atom stereocenters. The smallest absolute Gasteiger partial charge is 0.236 e. The topological polar surface area (TPSA) is 30.2 Å². The number of nitrogens with zero attached hydrogens (tertiary/aromatic N) is 3. The van der Waals surface area contributed by atoms with Crippen LogP contribution in [0.5, 0.6) is 0 Å². The largest absolute Gasteiger partial charge is 0.241 e. The van der Waals surface area contributed by atoms with Gasteiger partial charge in [0, 0.05) is 6.20 Å². The molecule has 0 fully saturated rings. The minimum atomic E-state index is 0.301. The molecule has 2 aromatic heterocycles. The molecule has 0 saturated carbocycles. The van der Waals surface area contributed by atoms with Crippen LogP contribution >= 0.6 is 11.6 Å². The van der Waals surface area contributed by atoms with Crippen LogP contribution in [0.2, 0.25) is 5.28 Å². The number of hydrogen-bond donors (Lipinski definition) is 0. The van der Waals surface area contributed by atoms with E-state index in [1.807, 2.05) is 25.3 Å². The lowest BCUT2D eigenvalue weighted by Crippen LogP contribution is -1.98. The van der Waals surface area contributed by atoms with Gasteiger partial charge in [-0.3, -0.25) is 0 Å². The summed E-state index contributed by atoms with van der Waals surface area (Å²) in [5, 5.41) is 4.32. The number of aromatic nitrogens is 3. The Morgan fingerprint density at radius 1 is 1.58 bits per heavy atom. The van der Waals surface area contributed by atoms with E-state index in [4.69, 9.17) is 11.6 Å². The first-order chi connectivity index (χ1) is 5.81. The van der Waals surface area contributed by atoms with Gasteiger partial charge in [0.2, 0.25) is 5.28 Å². The summed E-state index contributed by atoms with van der Waals surface area (Å²) in [6.07, 6.45) is 2.73. The van der Waals surface area contributed by atoms with Crippen LogP contribution in [0, 0.1) is 0 Å². The molecule has 0 N–H and O–H groups in total. The van der Waals surface area contributed by atoms with Crippen LogP contribution < -0.4 is 0 Å². The van der Waals surface area contributed by atoms with Crippen molar-refractivity contribution >= 4 is 17.1 Å². The molecule has 4 heteroatoms. The zero-order valence-corrected chi connectivity index (χ0v) is 7.41. The van der Waals surface area contributed by atoms with Crippen molar-refractivity contribution in [2.45, 2.75) is 13.3 Å². The van der Waals surface area contributed by atoms with Crippen molar-refractivity contribution in [3.8, 4) is 0 Å². The van der Waals surface area contributed by atoms with Gasteiger partial charge in [-0.05, 0) is 30.2 Å². The minimum Gasteiger partial charge on any atom is -0.236 e. The van der Waals surface area contributed by atoms with Crippen LogP contribution in [-0.2, 0) is 6.42 Å². The lowest BCUT2D eigenvalue weighted by atomic mass is 10.3. The van der Waals surface area contributed by atoms with E-state index < -0.39 is 0 Å². The molecule has 3 nitrogen and oxygen atoms in total. The van der Waals surface area contributed by atoms with E-state index in [2.05, 4.69) is 10.1 Å². The summed E-state index contributed by atoms with van der Waals surface area (Å²) in [6.45, 7) is 2.05. The standard InChI is InChI=1S/C8H8ClN3/c1-2-6-7-4-3-5-12(7)11-8(9)10-6/h3-5H,2H2,1H3. The summed E-state index contributed by atoms with van der Waals surface area (Å²) >= 11 is 5.72. The SMILES string of the molecule is CCc1nc(Cl)nn2cccc12. The summed E-state index contributed by atoms with van der Waals surface area (Å²) in [5.41, 5.74) is 2.02. The Bertz CT molecular complexity index is 408. The van der Waals surface area contributed by atoms with E-state index in [0.29, 0.717) is 5.28 Å². The highest BCUT2D eigenvalue weighted by molar-refractivity contribution is 6.28. The molecule has 2 heterocycles. The summed E-state index contributed by atoms with van der Waals surface area (Å²) < 4.78 is 1.74. The van der Waals surface area contributed by atoms with E-state index in [0.717, 1.165) is 17.6 Å². The second-order valence-electron chi connectivity index (χ2n) is 2.52. The predicted octanol–water partition coefficient (Wildman–Crippen LogP) is 1.95. The molecular weight excluding hydrogens is 174 g/mol. The third-order valence-corrected chi connectivity index (χ3v) is 1.94. The highest BCUT2D eigenvalue weighted by Crippen LogP contribution is 2.11. The maximum Gasteiger partial charge on any atom is 0.241 e. The van der Waals surface area contributed by atoms with Crippen molar-refractivity contribution in [1.82, 2.24) is 14.6 Å². The minimum absolute atomic E-state index is 0.301. The van der Waals surface area contributed by atoms with Crippen molar-refractivity contribution in [3.05, 3.63) is 29.3 Å². The molecule has 0 bridgehead atoms. The van der Waals surface area contributed by atoms with Crippen molar-refractivity contribution in [2.24, 2.45) is 0 Å². The van der Waals surface area contributed by atoms with Gasteiger partial charge in [0.25, 0.3) is 0 Å². The molecule has 62 valence electrons. The maximum atomic E-state index is 5.72. The van der Waals surface area contributed by atoms with Crippen LogP contribution in [0.3, 0.4) is 0 Å². The number of aryl methyl sites for hydroxylation is 1.